The third kappa shape index (κ3) is 2.42. The Morgan fingerprint density at radius 2 is 1.69 bits per heavy atom. The van der Waals surface area contributed by atoms with Gasteiger partial charge < -0.3 is 0 Å². The molecule has 0 radical (unpaired) electrons. The van der Waals surface area contributed by atoms with Gasteiger partial charge >= 0.3 is 0 Å². The summed E-state index contributed by atoms with van der Waals surface area (Å²) < 4.78 is 16.2. The molecule has 0 aliphatic carbocycles. The number of halogens is 1. The van der Waals surface area contributed by atoms with E-state index in [4.69, 9.17) is 0 Å². The molecule has 0 unspecified atom stereocenters. The highest BCUT2D eigenvalue weighted by molar-refractivity contribution is 5.81. The summed E-state index contributed by atoms with van der Waals surface area (Å²) in [5, 5.41) is 9.50. The lowest BCUT2D eigenvalue weighted by molar-refractivity contribution is 0.627. The topological polar surface area (TPSA) is 52.7 Å². The third-order valence-corrected chi connectivity index (χ3v) is 4.68. The van der Waals surface area contributed by atoms with Crippen molar-refractivity contribution >= 4 is 10.9 Å². The van der Waals surface area contributed by atoms with Crippen LogP contribution in [0.3, 0.4) is 0 Å². The van der Waals surface area contributed by atoms with Gasteiger partial charge in [-0.3, -0.25) is 4.79 Å². The number of benzene rings is 2. The second kappa shape index (κ2) is 5.91. The number of hydrogen-bond donors (Lipinski definition) is 0. The summed E-state index contributed by atoms with van der Waals surface area (Å²) in [6.45, 7) is 5.81. The fourth-order valence-electron chi connectivity index (χ4n) is 3.07. The van der Waals surface area contributed by atoms with Gasteiger partial charge in [-0.15, -0.1) is 0 Å². The molecule has 0 atom stereocenters. The highest BCUT2D eigenvalue weighted by atomic mass is 19.1. The van der Waals surface area contributed by atoms with E-state index in [1.807, 2.05) is 39.0 Å². The van der Waals surface area contributed by atoms with Gasteiger partial charge in [0.05, 0.1) is 23.3 Å². The highest BCUT2D eigenvalue weighted by Crippen LogP contribution is 2.20. The van der Waals surface area contributed by atoms with E-state index < -0.39 is 0 Å². The first kappa shape index (κ1) is 16.2. The Hall–Kier alpha value is -3.28. The first-order valence-electron chi connectivity index (χ1n) is 8.27. The second-order valence-corrected chi connectivity index (χ2v) is 6.32. The molecule has 0 saturated carbocycles. The summed E-state index contributed by atoms with van der Waals surface area (Å²) in [5.74, 6) is -0.337. The van der Waals surface area contributed by atoms with Gasteiger partial charge in [0.25, 0.3) is 5.56 Å². The van der Waals surface area contributed by atoms with E-state index in [1.54, 1.807) is 18.3 Å². The molecule has 2 aromatic heterocycles. The average molecular weight is 348 g/mol. The lowest BCUT2D eigenvalue weighted by Gasteiger charge is -2.12. The van der Waals surface area contributed by atoms with Crippen molar-refractivity contribution < 1.29 is 4.39 Å². The fraction of sp³-hybridized carbons (Fsp3) is 0.150. The molecule has 6 heteroatoms. The highest BCUT2D eigenvalue weighted by Gasteiger charge is 2.17. The number of fused-ring (bicyclic) bond motifs is 1. The van der Waals surface area contributed by atoms with Gasteiger partial charge in [-0.05, 0) is 62.2 Å². The van der Waals surface area contributed by atoms with Crippen molar-refractivity contribution in [1.82, 2.24) is 19.6 Å². The first-order valence-corrected chi connectivity index (χ1v) is 8.27. The molecule has 4 rings (SSSR count). The Morgan fingerprint density at radius 3 is 2.42 bits per heavy atom. The molecule has 2 aromatic carbocycles. The lowest BCUT2D eigenvalue weighted by atomic mass is 10.1. The molecular formula is C20H17FN4O. The van der Waals surface area contributed by atoms with E-state index in [9.17, 15) is 9.18 Å². The van der Waals surface area contributed by atoms with Gasteiger partial charge in [-0.2, -0.15) is 14.9 Å². The molecule has 2 heterocycles. The van der Waals surface area contributed by atoms with E-state index in [1.165, 1.54) is 21.5 Å². The van der Waals surface area contributed by atoms with Crippen molar-refractivity contribution in [1.29, 1.82) is 0 Å². The van der Waals surface area contributed by atoms with Crippen LogP contribution in [0.4, 0.5) is 4.39 Å². The number of aromatic nitrogens is 4. The van der Waals surface area contributed by atoms with Crippen molar-refractivity contribution in [2.75, 3.05) is 0 Å². The van der Waals surface area contributed by atoms with Crippen LogP contribution < -0.4 is 5.56 Å². The standard InChI is InChI=1S/C20H17FN4O/c1-12-5-4-6-18(13(12)2)25-20(26)19-17(14(3)23-25)11-22-24(19)16-9-7-15(21)8-10-16/h4-11H,1-3H3. The Labute approximate surface area is 149 Å². The summed E-state index contributed by atoms with van der Waals surface area (Å²) in [7, 11) is 0. The van der Waals surface area contributed by atoms with Gasteiger partial charge in [-0.25, -0.2) is 9.07 Å². The minimum Gasteiger partial charge on any atom is -0.265 e. The number of hydrogen-bond acceptors (Lipinski definition) is 3. The molecule has 0 amide bonds. The SMILES string of the molecule is Cc1cccc(-n2nc(C)c3cnn(-c4ccc(F)cc4)c3c2=O)c1C. The minimum atomic E-state index is -0.337. The van der Waals surface area contributed by atoms with Gasteiger partial charge in [0, 0.05) is 5.39 Å². The monoisotopic (exact) mass is 348 g/mol. The van der Waals surface area contributed by atoms with Gasteiger partial charge in [0.2, 0.25) is 0 Å². The molecule has 0 N–H and O–H groups in total. The maximum Gasteiger partial charge on any atom is 0.298 e. The van der Waals surface area contributed by atoms with Crippen molar-refractivity contribution in [3.63, 3.8) is 0 Å². The maximum absolute atomic E-state index is 13.2. The summed E-state index contributed by atoms with van der Waals surface area (Å²) in [5.41, 5.74) is 4.30. The summed E-state index contributed by atoms with van der Waals surface area (Å²) in [6.07, 6.45) is 1.62. The number of aryl methyl sites for hydroxylation is 2. The van der Waals surface area contributed by atoms with Crippen molar-refractivity contribution in [2.45, 2.75) is 20.8 Å². The molecular weight excluding hydrogens is 331 g/mol. The molecule has 0 aliphatic heterocycles. The summed E-state index contributed by atoms with van der Waals surface area (Å²) in [4.78, 5) is 13.2. The molecule has 26 heavy (non-hydrogen) atoms. The van der Waals surface area contributed by atoms with Crippen molar-refractivity contribution in [3.8, 4) is 11.4 Å². The Bertz CT molecular complexity index is 1190. The van der Waals surface area contributed by atoms with Crippen LogP contribution in [0.2, 0.25) is 0 Å². The van der Waals surface area contributed by atoms with Gasteiger partial charge in [-0.1, -0.05) is 12.1 Å². The lowest BCUT2D eigenvalue weighted by Crippen LogP contribution is -2.24. The zero-order valence-corrected chi connectivity index (χ0v) is 14.7. The zero-order valence-electron chi connectivity index (χ0n) is 14.7. The second-order valence-electron chi connectivity index (χ2n) is 6.32. The van der Waals surface area contributed by atoms with E-state index in [0.29, 0.717) is 22.3 Å². The normalized spacial score (nSPS) is 11.2. The molecule has 0 bridgehead atoms. The van der Waals surface area contributed by atoms with E-state index in [2.05, 4.69) is 10.2 Å². The molecule has 5 nitrogen and oxygen atoms in total. The largest absolute Gasteiger partial charge is 0.298 e. The van der Waals surface area contributed by atoms with Crippen LogP contribution in [0.1, 0.15) is 16.8 Å². The molecule has 0 fully saturated rings. The quantitative estimate of drug-likeness (QED) is 0.556. The average Bonchev–Trinajstić information content (AvgIpc) is 3.07. The molecule has 4 aromatic rings. The predicted molar refractivity (Wildman–Crippen MR) is 98.6 cm³/mol. The van der Waals surface area contributed by atoms with Crippen LogP contribution in [0.5, 0.6) is 0 Å². The Morgan fingerprint density at radius 1 is 0.962 bits per heavy atom. The van der Waals surface area contributed by atoms with E-state index in [-0.39, 0.29) is 11.4 Å². The van der Waals surface area contributed by atoms with Crippen LogP contribution in [0.15, 0.2) is 53.5 Å². The van der Waals surface area contributed by atoms with E-state index >= 15 is 0 Å². The summed E-state index contributed by atoms with van der Waals surface area (Å²) in [6, 6.07) is 11.7. The molecule has 0 spiro atoms. The minimum absolute atomic E-state index is 0.263. The van der Waals surface area contributed by atoms with Crippen LogP contribution >= 0.6 is 0 Å². The molecule has 0 saturated heterocycles. The van der Waals surface area contributed by atoms with Crippen LogP contribution in [0.25, 0.3) is 22.3 Å². The fourth-order valence-corrected chi connectivity index (χ4v) is 3.07. The Balaban J connectivity index is 2.05. The number of rotatable bonds is 2. The number of nitrogens with zero attached hydrogens (tertiary/aromatic N) is 4. The Kier molecular flexibility index (Phi) is 3.68. The van der Waals surface area contributed by atoms with Crippen molar-refractivity contribution in [2.24, 2.45) is 0 Å². The smallest absolute Gasteiger partial charge is 0.265 e. The van der Waals surface area contributed by atoms with Crippen LogP contribution in [-0.4, -0.2) is 19.6 Å². The zero-order chi connectivity index (χ0) is 18.4. The third-order valence-electron chi connectivity index (χ3n) is 4.68. The van der Waals surface area contributed by atoms with Crippen LogP contribution in [0, 0.1) is 26.6 Å². The molecule has 0 aliphatic rings. The van der Waals surface area contributed by atoms with Crippen LogP contribution in [-0.2, 0) is 0 Å². The first-order chi connectivity index (χ1) is 12.5. The molecule has 130 valence electrons. The maximum atomic E-state index is 13.2. The van der Waals surface area contributed by atoms with Gasteiger partial charge in [0.1, 0.15) is 11.3 Å². The van der Waals surface area contributed by atoms with E-state index in [0.717, 1.165) is 16.8 Å². The van der Waals surface area contributed by atoms with Crippen molar-refractivity contribution in [3.05, 3.63) is 81.7 Å². The van der Waals surface area contributed by atoms with Gasteiger partial charge in [0.15, 0.2) is 0 Å². The predicted octanol–water partition coefficient (Wildman–Crippen LogP) is 3.64. The summed E-state index contributed by atoms with van der Waals surface area (Å²) >= 11 is 0.